The van der Waals surface area contributed by atoms with Gasteiger partial charge in [0.15, 0.2) is 0 Å². The van der Waals surface area contributed by atoms with Crippen LogP contribution in [0.5, 0.6) is 0 Å². The Bertz CT molecular complexity index is 584. The first kappa shape index (κ1) is 14.5. The zero-order valence-electron chi connectivity index (χ0n) is 10.9. The van der Waals surface area contributed by atoms with Crippen molar-refractivity contribution in [2.75, 3.05) is 0 Å². The van der Waals surface area contributed by atoms with Gasteiger partial charge in [0.1, 0.15) is 0 Å². The number of aromatic nitrogens is 1. The number of nitro benzene ring substituents is 1. The number of hydrogen-bond donors (Lipinski definition) is 1. The molecule has 0 aliphatic carbocycles. The van der Waals surface area contributed by atoms with Crippen molar-refractivity contribution in [2.45, 2.75) is 29.2 Å². The van der Waals surface area contributed by atoms with Gasteiger partial charge in [-0.2, -0.15) is 0 Å². The third-order valence-corrected chi connectivity index (χ3v) is 3.76. The predicted octanol–water partition coefficient (Wildman–Crippen LogP) is 3.58. The van der Waals surface area contributed by atoms with Crippen LogP contribution >= 0.6 is 11.8 Å². The maximum absolute atomic E-state index is 10.6. The summed E-state index contributed by atoms with van der Waals surface area (Å²) < 4.78 is 0. The number of hydrogen-bond acceptors (Lipinski definition) is 5. The molecule has 0 aliphatic heterocycles. The van der Waals surface area contributed by atoms with Crippen molar-refractivity contribution >= 4 is 17.4 Å². The van der Waals surface area contributed by atoms with Crippen LogP contribution in [0.2, 0.25) is 0 Å². The summed E-state index contributed by atoms with van der Waals surface area (Å²) in [6.45, 7) is 1.89. The maximum atomic E-state index is 10.6. The molecule has 1 aromatic heterocycles. The Morgan fingerprint density at radius 2 is 1.90 bits per heavy atom. The molecule has 20 heavy (non-hydrogen) atoms. The van der Waals surface area contributed by atoms with Crippen LogP contribution in [-0.2, 0) is 0 Å². The summed E-state index contributed by atoms with van der Waals surface area (Å²) in [6.07, 6.45) is 1.79. The van der Waals surface area contributed by atoms with Gasteiger partial charge >= 0.3 is 0 Å². The Hall–Kier alpha value is -1.92. The van der Waals surface area contributed by atoms with Gasteiger partial charge in [0.2, 0.25) is 0 Å². The summed E-state index contributed by atoms with van der Waals surface area (Å²) in [5, 5.41) is 20.2. The molecule has 0 amide bonds. The molecular weight excluding hydrogens is 276 g/mol. The zero-order chi connectivity index (χ0) is 14.5. The highest BCUT2D eigenvalue weighted by molar-refractivity contribution is 7.99. The molecule has 6 heteroatoms. The Labute approximate surface area is 120 Å². The van der Waals surface area contributed by atoms with Crippen LogP contribution in [0.4, 0.5) is 5.69 Å². The molecule has 1 unspecified atom stereocenters. The molecule has 1 N–H and O–H groups in total. The summed E-state index contributed by atoms with van der Waals surface area (Å²) in [4.78, 5) is 16.2. The molecule has 5 nitrogen and oxygen atoms in total. The lowest BCUT2D eigenvalue weighted by atomic mass is 10.2. The largest absolute Gasteiger partial charge is 0.387 e. The molecule has 0 bridgehead atoms. The molecule has 2 rings (SSSR count). The number of aliphatic hydroxyl groups is 1. The monoisotopic (exact) mass is 290 g/mol. The lowest BCUT2D eigenvalue weighted by Crippen LogP contribution is -1.97. The zero-order valence-corrected chi connectivity index (χ0v) is 11.7. The van der Waals surface area contributed by atoms with E-state index in [1.165, 1.54) is 23.9 Å². The van der Waals surface area contributed by atoms with Crippen molar-refractivity contribution in [3.05, 3.63) is 58.4 Å². The Kier molecular flexibility index (Phi) is 4.70. The minimum Gasteiger partial charge on any atom is -0.387 e. The van der Waals surface area contributed by atoms with E-state index in [4.69, 9.17) is 0 Å². The standard InChI is InChI=1S/C14H14N2O3S/c1-2-14(17)13-8-7-12(9-15-13)20-11-5-3-10(4-6-11)16(18)19/h3-9,14,17H,2H2,1H3. The van der Waals surface area contributed by atoms with Gasteiger partial charge in [-0.25, -0.2) is 0 Å². The van der Waals surface area contributed by atoms with Crippen molar-refractivity contribution in [3.63, 3.8) is 0 Å². The number of pyridine rings is 1. The molecule has 2 aromatic rings. The van der Waals surface area contributed by atoms with E-state index < -0.39 is 11.0 Å². The maximum Gasteiger partial charge on any atom is 0.269 e. The number of rotatable bonds is 5. The Morgan fingerprint density at radius 1 is 1.25 bits per heavy atom. The number of non-ortho nitro benzene ring substituents is 1. The van der Waals surface area contributed by atoms with Gasteiger partial charge < -0.3 is 5.11 Å². The van der Waals surface area contributed by atoms with Gasteiger partial charge in [0, 0.05) is 28.1 Å². The summed E-state index contributed by atoms with van der Waals surface area (Å²) in [7, 11) is 0. The van der Waals surface area contributed by atoms with Gasteiger partial charge in [-0.1, -0.05) is 18.7 Å². The molecule has 104 valence electrons. The van der Waals surface area contributed by atoms with E-state index in [1.807, 2.05) is 13.0 Å². The third kappa shape index (κ3) is 3.55. The van der Waals surface area contributed by atoms with Gasteiger partial charge in [-0.3, -0.25) is 15.1 Å². The van der Waals surface area contributed by atoms with Crippen LogP contribution in [0, 0.1) is 10.1 Å². The molecule has 0 saturated carbocycles. The Balaban J connectivity index is 2.08. The van der Waals surface area contributed by atoms with Gasteiger partial charge in [-0.05, 0) is 30.7 Å². The summed E-state index contributed by atoms with van der Waals surface area (Å²) >= 11 is 1.47. The quantitative estimate of drug-likeness (QED) is 0.672. The van der Waals surface area contributed by atoms with E-state index >= 15 is 0 Å². The van der Waals surface area contributed by atoms with E-state index in [0.717, 1.165) is 9.79 Å². The highest BCUT2D eigenvalue weighted by Crippen LogP contribution is 2.29. The van der Waals surface area contributed by atoms with Crippen molar-refractivity contribution in [1.29, 1.82) is 0 Å². The van der Waals surface area contributed by atoms with Gasteiger partial charge in [0.25, 0.3) is 5.69 Å². The second-order valence-electron chi connectivity index (χ2n) is 4.20. The van der Waals surface area contributed by atoms with Crippen LogP contribution in [0.25, 0.3) is 0 Å². The molecule has 0 spiro atoms. The lowest BCUT2D eigenvalue weighted by molar-refractivity contribution is -0.384. The normalized spacial score (nSPS) is 12.1. The van der Waals surface area contributed by atoms with E-state index in [9.17, 15) is 15.2 Å². The average molecular weight is 290 g/mol. The molecule has 0 saturated heterocycles. The second-order valence-corrected chi connectivity index (χ2v) is 5.34. The molecule has 0 radical (unpaired) electrons. The SMILES string of the molecule is CCC(O)c1ccc(Sc2ccc([N+](=O)[O-])cc2)cn1. The van der Waals surface area contributed by atoms with E-state index in [-0.39, 0.29) is 5.69 Å². The molecular formula is C14H14N2O3S. The van der Waals surface area contributed by atoms with E-state index in [0.29, 0.717) is 12.1 Å². The first-order valence-corrected chi connectivity index (χ1v) is 6.98. The first-order chi connectivity index (χ1) is 9.60. The minimum absolute atomic E-state index is 0.0777. The van der Waals surface area contributed by atoms with Crippen molar-refractivity contribution in [1.82, 2.24) is 4.98 Å². The van der Waals surface area contributed by atoms with Gasteiger partial charge in [-0.15, -0.1) is 0 Å². The fourth-order valence-electron chi connectivity index (χ4n) is 1.63. The molecule has 1 atom stereocenters. The number of nitrogens with zero attached hydrogens (tertiary/aromatic N) is 2. The lowest BCUT2D eigenvalue weighted by Gasteiger charge is -2.07. The van der Waals surface area contributed by atoms with Crippen molar-refractivity contribution in [2.24, 2.45) is 0 Å². The smallest absolute Gasteiger partial charge is 0.269 e. The predicted molar refractivity (Wildman–Crippen MR) is 76.7 cm³/mol. The minimum atomic E-state index is -0.534. The molecule has 1 heterocycles. The second kappa shape index (κ2) is 6.49. The summed E-state index contributed by atoms with van der Waals surface area (Å²) in [5.41, 5.74) is 0.731. The first-order valence-electron chi connectivity index (χ1n) is 6.16. The summed E-state index contributed by atoms with van der Waals surface area (Å²) in [5.74, 6) is 0. The molecule has 0 aliphatic rings. The third-order valence-electron chi connectivity index (χ3n) is 2.77. The van der Waals surface area contributed by atoms with Crippen molar-refractivity contribution in [3.8, 4) is 0 Å². The molecule has 0 fully saturated rings. The number of aliphatic hydroxyl groups excluding tert-OH is 1. The van der Waals surface area contributed by atoms with Crippen LogP contribution in [0.1, 0.15) is 25.1 Å². The van der Waals surface area contributed by atoms with Crippen LogP contribution in [0.3, 0.4) is 0 Å². The van der Waals surface area contributed by atoms with Crippen LogP contribution < -0.4 is 0 Å². The molecule has 1 aromatic carbocycles. The number of nitro groups is 1. The van der Waals surface area contributed by atoms with E-state index in [2.05, 4.69) is 4.98 Å². The van der Waals surface area contributed by atoms with Crippen molar-refractivity contribution < 1.29 is 10.0 Å². The highest BCUT2D eigenvalue weighted by Gasteiger charge is 2.07. The highest BCUT2D eigenvalue weighted by atomic mass is 32.2. The van der Waals surface area contributed by atoms with E-state index in [1.54, 1.807) is 24.4 Å². The van der Waals surface area contributed by atoms with Crippen LogP contribution in [0.15, 0.2) is 52.4 Å². The number of benzene rings is 1. The Morgan fingerprint density at radius 3 is 2.40 bits per heavy atom. The van der Waals surface area contributed by atoms with Gasteiger partial charge in [0.05, 0.1) is 16.7 Å². The summed E-state index contributed by atoms with van der Waals surface area (Å²) in [6, 6.07) is 10.0. The van der Waals surface area contributed by atoms with Crippen LogP contribution in [-0.4, -0.2) is 15.0 Å². The topological polar surface area (TPSA) is 76.3 Å². The average Bonchev–Trinajstić information content (AvgIpc) is 2.48. The fraction of sp³-hybridized carbons (Fsp3) is 0.214. The fourth-order valence-corrected chi connectivity index (χ4v) is 2.42.